The summed E-state index contributed by atoms with van der Waals surface area (Å²) >= 11 is 0. The molecule has 1 heterocycles. The lowest BCUT2D eigenvalue weighted by Gasteiger charge is -2.16. The molecule has 0 aliphatic rings. The Labute approximate surface area is 199 Å². The molecule has 0 unspecified atom stereocenters. The number of carbonyl (C=O) groups is 1. The molecule has 3 aromatic rings. The molecule has 1 aromatic heterocycles. The van der Waals surface area contributed by atoms with Crippen LogP contribution < -0.4 is 5.32 Å². The van der Waals surface area contributed by atoms with Crippen molar-refractivity contribution in [2.75, 3.05) is 19.5 Å². The van der Waals surface area contributed by atoms with Gasteiger partial charge in [-0.25, -0.2) is 4.98 Å². The van der Waals surface area contributed by atoms with Crippen molar-refractivity contribution in [1.82, 2.24) is 4.98 Å². The number of carbonyl (C=O) groups excluding carboxylic acids is 1. The molecule has 0 saturated carbocycles. The second kappa shape index (κ2) is 14.6. The fourth-order valence-electron chi connectivity index (χ4n) is 2.85. The topological polar surface area (TPSA) is 51.2 Å². The van der Waals surface area contributed by atoms with Crippen molar-refractivity contribution >= 4 is 23.4 Å². The van der Waals surface area contributed by atoms with Crippen LogP contribution in [0, 0.1) is 0 Å². The van der Waals surface area contributed by atoms with Crippen LogP contribution in [0.2, 0.25) is 0 Å². The van der Waals surface area contributed by atoms with Crippen molar-refractivity contribution in [3.8, 4) is 0 Å². The quantitative estimate of drug-likeness (QED) is 0.360. The highest BCUT2D eigenvalue weighted by molar-refractivity contribution is 5.76. The van der Waals surface area contributed by atoms with Gasteiger partial charge in [0.25, 0.3) is 0 Å². The second-order valence-electron chi connectivity index (χ2n) is 6.95. The number of nitrogens with zero attached hydrogens (tertiary/aromatic N) is 1. The minimum atomic E-state index is -4.53. The van der Waals surface area contributed by atoms with Crippen molar-refractivity contribution in [2.45, 2.75) is 32.9 Å². The zero-order valence-electron chi connectivity index (χ0n) is 19.9. The smallest absolute Gasteiger partial charge is 0.388 e. The standard InChI is InChI=1S/C23H19F3N2O.C2H6O.C2H6/c1-16(7-8-17-9-11-18(15-29)12-10-17)20-13-14-21(23(24,25)26)28-22(20)27-19-5-3-2-4-6-19;1-3-2;1-2/h2-6,9-15H,1,7-8H2,(H,27,28);1-2H3;1-2H3. The molecule has 7 heteroatoms. The molecule has 0 amide bonds. The lowest BCUT2D eigenvalue weighted by molar-refractivity contribution is -0.141. The third kappa shape index (κ3) is 9.19. The molecule has 4 nitrogen and oxygen atoms in total. The largest absolute Gasteiger partial charge is 0.433 e. The molecule has 0 radical (unpaired) electrons. The summed E-state index contributed by atoms with van der Waals surface area (Å²) in [5.74, 6) is 0.118. The summed E-state index contributed by atoms with van der Waals surface area (Å²) in [7, 11) is 3.25. The monoisotopic (exact) mass is 472 g/mol. The normalized spacial score (nSPS) is 10.2. The molecule has 0 aliphatic carbocycles. The number of benzene rings is 2. The maximum atomic E-state index is 13.1. The maximum Gasteiger partial charge on any atom is 0.433 e. The van der Waals surface area contributed by atoms with Crippen molar-refractivity contribution in [2.24, 2.45) is 0 Å². The maximum absolute atomic E-state index is 13.1. The van der Waals surface area contributed by atoms with E-state index in [1.165, 1.54) is 6.07 Å². The number of aryl methyl sites for hydroxylation is 1. The molecule has 0 fully saturated rings. The van der Waals surface area contributed by atoms with Crippen molar-refractivity contribution < 1.29 is 22.7 Å². The van der Waals surface area contributed by atoms with Crippen LogP contribution in [0.3, 0.4) is 0 Å². The zero-order chi connectivity index (χ0) is 25.6. The number of pyridine rings is 1. The molecule has 0 bridgehead atoms. The summed E-state index contributed by atoms with van der Waals surface area (Å²) in [6, 6.07) is 18.4. The van der Waals surface area contributed by atoms with Crippen LogP contribution in [0.15, 0.2) is 73.3 Å². The third-order valence-corrected chi connectivity index (χ3v) is 4.43. The van der Waals surface area contributed by atoms with Crippen LogP contribution in [0.1, 0.15) is 47.4 Å². The van der Waals surface area contributed by atoms with E-state index in [2.05, 4.69) is 21.6 Å². The average molecular weight is 473 g/mol. The van der Waals surface area contributed by atoms with E-state index in [4.69, 9.17) is 0 Å². The van der Waals surface area contributed by atoms with Crippen molar-refractivity contribution in [1.29, 1.82) is 0 Å². The van der Waals surface area contributed by atoms with Crippen LogP contribution in [-0.4, -0.2) is 25.5 Å². The lowest BCUT2D eigenvalue weighted by Crippen LogP contribution is -2.10. The fourth-order valence-corrected chi connectivity index (χ4v) is 2.85. The number of nitrogens with one attached hydrogen (secondary N) is 1. The Bertz CT molecular complexity index is 1020. The molecule has 182 valence electrons. The Hall–Kier alpha value is -3.45. The SMILES string of the molecule is C=C(CCc1ccc(C=O)cc1)c1ccc(C(F)(F)F)nc1Nc1ccccc1.CC.COC. The average Bonchev–Trinajstić information content (AvgIpc) is 2.84. The summed E-state index contributed by atoms with van der Waals surface area (Å²) < 4.78 is 43.6. The Morgan fingerprint density at radius 1 is 1.00 bits per heavy atom. The molecule has 0 atom stereocenters. The van der Waals surface area contributed by atoms with E-state index in [1.807, 2.05) is 32.0 Å². The number of anilines is 2. The van der Waals surface area contributed by atoms with E-state index in [-0.39, 0.29) is 5.82 Å². The number of halogens is 3. The Morgan fingerprint density at radius 2 is 1.59 bits per heavy atom. The Morgan fingerprint density at radius 3 is 2.12 bits per heavy atom. The zero-order valence-corrected chi connectivity index (χ0v) is 19.9. The number of aromatic nitrogens is 1. The molecule has 1 N–H and O–H groups in total. The van der Waals surface area contributed by atoms with E-state index in [0.717, 1.165) is 17.9 Å². The third-order valence-electron chi connectivity index (χ3n) is 4.43. The number of rotatable bonds is 7. The van der Waals surface area contributed by atoms with Crippen LogP contribution in [0.4, 0.5) is 24.7 Å². The summed E-state index contributed by atoms with van der Waals surface area (Å²) in [5.41, 5.74) is 2.48. The summed E-state index contributed by atoms with van der Waals surface area (Å²) in [6.45, 7) is 8.05. The van der Waals surface area contributed by atoms with Gasteiger partial charge in [-0.05, 0) is 48.2 Å². The highest BCUT2D eigenvalue weighted by Gasteiger charge is 2.33. The molecule has 0 aliphatic heterocycles. The van der Waals surface area contributed by atoms with Crippen LogP contribution in [0.5, 0.6) is 0 Å². The minimum absolute atomic E-state index is 0.118. The predicted octanol–water partition coefficient (Wildman–Crippen LogP) is 7.59. The number of hydrogen-bond donors (Lipinski definition) is 1. The van der Waals surface area contributed by atoms with Crippen LogP contribution >= 0.6 is 0 Å². The van der Waals surface area contributed by atoms with Gasteiger partial charge in [-0.2, -0.15) is 13.2 Å². The first-order valence-corrected chi connectivity index (χ1v) is 10.8. The first kappa shape index (κ1) is 28.6. The van der Waals surface area contributed by atoms with Crippen molar-refractivity contribution in [3.05, 3.63) is 95.7 Å². The van der Waals surface area contributed by atoms with E-state index < -0.39 is 11.9 Å². The fraction of sp³-hybridized carbons (Fsp3) is 0.259. The minimum Gasteiger partial charge on any atom is -0.388 e. The number of hydrogen-bond acceptors (Lipinski definition) is 4. The molecule has 0 spiro atoms. The van der Waals surface area contributed by atoms with E-state index in [0.29, 0.717) is 35.2 Å². The van der Waals surface area contributed by atoms with Gasteiger partial charge in [0.2, 0.25) is 0 Å². The van der Waals surface area contributed by atoms with Gasteiger partial charge in [0.1, 0.15) is 17.8 Å². The second-order valence-corrected chi connectivity index (χ2v) is 6.95. The summed E-state index contributed by atoms with van der Waals surface area (Å²) in [6.07, 6.45) is -2.58. The molecule has 2 aromatic carbocycles. The molecule has 34 heavy (non-hydrogen) atoms. The number of ether oxygens (including phenoxy) is 1. The number of para-hydroxylation sites is 1. The van der Waals surface area contributed by atoms with E-state index in [9.17, 15) is 18.0 Å². The summed E-state index contributed by atoms with van der Waals surface area (Å²) in [5, 5.41) is 2.97. The van der Waals surface area contributed by atoms with Crippen LogP contribution in [0.25, 0.3) is 5.57 Å². The van der Waals surface area contributed by atoms with Gasteiger partial charge in [0.05, 0.1) is 0 Å². The number of allylic oxidation sites excluding steroid dienone is 1. The number of methoxy groups -OCH3 is 1. The van der Waals surface area contributed by atoms with Gasteiger partial charge in [-0.15, -0.1) is 0 Å². The van der Waals surface area contributed by atoms with Gasteiger partial charge in [-0.3, -0.25) is 4.79 Å². The molecular weight excluding hydrogens is 441 g/mol. The predicted molar refractivity (Wildman–Crippen MR) is 132 cm³/mol. The molecule has 0 saturated heterocycles. The summed E-state index contributed by atoms with van der Waals surface area (Å²) in [4.78, 5) is 14.5. The van der Waals surface area contributed by atoms with Crippen molar-refractivity contribution in [3.63, 3.8) is 0 Å². The van der Waals surface area contributed by atoms with Gasteiger partial charge in [0, 0.05) is 31.0 Å². The van der Waals surface area contributed by atoms with Gasteiger partial charge >= 0.3 is 6.18 Å². The van der Waals surface area contributed by atoms with Crippen LogP contribution in [-0.2, 0) is 17.3 Å². The van der Waals surface area contributed by atoms with E-state index in [1.54, 1.807) is 50.6 Å². The molecule has 3 rings (SSSR count). The molecular formula is C27H31F3N2O2. The lowest BCUT2D eigenvalue weighted by atomic mass is 9.99. The van der Waals surface area contributed by atoms with E-state index >= 15 is 0 Å². The highest BCUT2D eigenvalue weighted by atomic mass is 19.4. The Kier molecular flexibility index (Phi) is 12.3. The highest BCUT2D eigenvalue weighted by Crippen LogP contribution is 2.33. The van der Waals surface area contributed by atoms with Gasteiger partial charge < -0.3 is 10.1 Å². The Balaban J connectivity index is 0.00000107. The first-order valence-electron chi connectivity index (χ1n) is 10.8. The van der Waals surface area contributed by atoms with Gasteiger partial charge in [-0.1, -0.05) is 62.9 Å². The number of alkyl halides is 3. The van der Waals surface area contributed by atoms with Gasteiger partial charge in [0.15, 0.2) is 0 Å². The number of aldehydes is 1. The first-order chi connectivity index (χ1) is 16.3.